The molecule has 0 aliphatic heterocycles. The zero-order chi connectivity index (χ0) is 11.4. The normalized spacial score (nSPS) is 9.25. The Morgan fingerprint density at radius 1 is 0.875 bits per heavy atom. The highest BCUT2D eigenvalue weighted by Crippen LogP contribution is 2.36. The quantitative estimate of drug-likeness (QED) is 0.389. The molecule has 6 nitrogen and oxygen atoms in total. The van der Waals surface area contributed by atoms with Gasteiger partial charge in [-0.2, -0.15) is 0 Å². The van der Waals surface area contributed by atoms with Gasteiger partial charge in [-0.3, -0.25) is 0 Å². The Labute approximate surface area is 90.4 Å². The van der Waals surface area contributed by atoms with Gasteiger partial charge in [0.25, 0.3) is 0 Å². The minimum absolute atomic E-state index is 0.332. The van der Waals surface area contributed by atoms with E-state index < -0.39 is 0 Å². The van der Waals surface area contributed by atoms with Crippen molar-refractivity contribution in [2.24, 2.45) is 10.2 Å². The van der Waals surface area contributed by atoms with E-state index in [4.69, 9.17) is 11.1 Å². The van der Waals surface area contributed by atoms with Crippen molar-refractivity contribution >= 4 is 22.1 Å². The van der Waals surface area contributed by atoms with E-state index in [-0.39, 0.29) is 0 Å². The highest BCUT2D eigenvalue weighted by Gasteiger charge is 2.03. The first-order valence-electron chi connectivity index (χ1n) is 4.49. The van der Waals surface area contributed by atoms with Gasteiger partial charge in [-0.05, 0) is 21.8 Å². The molecule has 0 spiro atoms. The second-order valence-electron chi connectivity index (χ2n) is 3.03. The Bertz CT molecular complexity index is 635. The fraction of sp³-hybridized carbons (Fsp3) is 0. The Balaban J connectivity index is 2.88. The van der Waals surface area contributed by atoms with Crippen molar-refractivity contribution in [3.8, 4) is 0 Å². The van der Waals surface area contributed by atoms with E-state index in [0.717, 1.165) is 10.8 Å². The Kier molecular flexibility index (Phi) is 2.61. The molecule has 0 amide bonds. The lowest BCUT2D eigenvalue weighted by Crippen LogP contribution is -1.73. The first-order chi connectivity index (χ1) is 7.86. The van der Waals surface area contributed by atoms with Crippen LogP contribution in [0.1, 0.15) is 0 Å². The van der Waals surface area contributed by atoms with Crippen LogP contribution < -0.4 is 0 Å². The van der Waals surface area contributed by atoms with Crippen molar-refractivity contribution < 1.29 is 0 Å². The standard InChI is InChI=1S/C10H6N6/c11-15-13-9-6-5-7-3-1-2-4-8(7)10(9)14-16-12/h1-6H. The predicted octanol–water partition coefficient (Wildman–Crippen LogP) is 4.72. The summed E-state index contributed by atoms with van der Waals surface area (Å²) in [7, 11) is 0. The zero-order valence-electron chi connectivity index (χ0n) is 8.15. The minimum atomic E-state index is 0.332. The first-order valence-corrected chi connectivity index (χ1v) is 4.49. The third kappa shape index (κ3) is 1.62. The number of fused-ring (bicyclic) bond motifs is 1. The van der Waals surface area contributed by atoms with E-state index in [9.17, 15) is 0 Å². The van der Waals surface area contributed by atoms with Crippen LogP contribution in [0.2, 0.25) is 0 Å². The van der Waals surface area contributed by atoms with E-state index in [0.29, 0.717) is 11.4 Å². The van der Waals surface area contributed by atoms with Crippen LogP contribution >= 0.6 is 0 Å². The van der Waals surface area contributed by atoms with Crippen LogP contribution in [0.15, 0.2) is 46.6 Å². The molecule has 16 heavy (non-hydrogen) atoms. The number of hydrogen-bond acceptors (Lipinski definition) is 2. The summed E-state index contributed by atoms with van der Waals surface area (Å²) in [6.45, 7) is 0. The molecule has 0 N–H and O–H groups in total. The summed E-state index contributed by atoms with van der Waals surface area (Å²) in [5.41, 5.74) is 17.6. The Hall–Kier alpha value is -2.68. The number of nitrogens with zero attached hydrogens (tertiary/aromatic N) is 6. The molecule has 2 aromatic rings. The van der Waals surface area contributed by atoms with Crippen LogP contribution in [0.25, 0.3) is 31.7 Å². The van der Waals surface area contributed by atoms with Crippen LogP contribution in [-0.2, 0) is 0 Å². The highest BCUT2D eigenvalue weighted by molar-refractivity contribution is 5.97. The smallest absolute Gasteiger partial charge is 0.0549 e. The van der Waals surface area contributed by atoms with E-state index in [1.807, 2.05) is 30.3 Å². The molecule has 2 aromatic carbocycles. The van der Waals surface area contributed by atoms with Crippen molar-refractivity contribution in [2.45, 2.75) is 0 Å². The molecule has 6 heteroatoms. The molecule has 0 heterocycles. The van der Waals surface area contributed by atoms with Crippen LogP contribution in [0.4, 0.5) is 11.4 Å². The van der Waals surface area contributed by atoms with Gasteiger partial charge in [0, 0.05) is 15.5 Å². The molecule has 2 rings (SSSR count). The summed E-state index contributed by atoms with van der Waals surface area (Å²) in [4.78, 5) is 5.44. The molecule has 0 aliphatic rings. The lowest BCUT2D eigenvalue weighted by atomic mass is 10.1. The summed E-state index contributed by atoms with van der Waals surface area (Å²) in [6, 6.07) is 10.9. The third-order valence-corrected chi connectivity index (χ3v) is 2.18. The van der Waals surface area contributed by atoms with Gasteiger partial charge in [0.05, 0.1) is 5.69 Å². The van der Waals surface area contributed by atoms with Gasteiger partial charge in [0.2, 0.25) is 0 Å². The molecule has 0 saturated carbocycles. The number of hydrogen-bond donors (Lipinski definition) is 0. The van der Waals surface area contributed by atoms with Gasteiger partial charge in [-0.1, -0.05) is 46.6 Å². The monoisotopic (exact) mass is 210 g/mol. The van der Waals surface area contributed by atoms with E-state index >= 15 is 0 Å². The summed E-state index contributed by atoms with van der Waals surface area (Å²) in [6.07, 6.45) is 0. The molecule has 0 radical (unpaired) electrons. The second kappa shape index (κ2) is 4.23. The molecular formula is C10H6N6. The lowest BCUT2D eigenvalue weighted by Gasteiger charge is -2.03. The van der Waals surface area contributed by atoms with E-state index in [2.05, 4.69) is 20.1 Å². The molecule has 0 saturated heterocycles. The van der Waals surface area contributed by atoms with Crippen molar-refractivity contribution in [3.63, 3.8) is 0 Å². The van der Waals surface area contributed by atoms with E-state index in [1.165, 1.54) is 0 Å². The molecule has 76 valence electrons. The van der Waals surface area contributed by atoms with Crippen LogP contribution in [-0.4, -0.2) is 0 Å². The first kappa shape index (κ1) is 9.86. The topological polar surface area (TPSA) is 97.5 Å². The Morgan fingerprint density at radius 3 is 2.38 bits per heavy atom. The van der Waals surface area contributed by atoms with Gasteiger partial charge in [-0.25, -0.2) is 0 Å². The maximum atomic E-state index is 8.50. The lowest BCUT2D eigenvalue weighted by molar-refractivity contribution is 1.42. The molecule has 0 fully saturated rings. The maximum Gasteiger partial charge on any atom is 0.0549 e. The van der Waals surface area contributed by atoms with Crippen molar-refractivity contribution in [2.75, 3.05) is 0 Å². The fourth-order valence-corrected chi connectivity index (χ4v) is 1.52. The molecule has 0 aromatic heterocycles. The summed E-state index contributed by atoms with van der Waals surface area (Å²) in [5, 5.41) is 8.76. The molecule has 0 atom stereocenters. The molecule has 0 bridgehead atoms. The van der Waals surface area contributed by atoms with Crippen LogP contribution in [0, 0.1) is 0 Å². The van der Waals surface area contributed by atoms with Crippen molar-refractivity contribution in [1.29, 1.82) is 0 Å². The highest BCUT2D eigenvalue weighted by atomic mass is 15.2. The summed E-state index contributed by atoms with van der Waals surface area (Å²) >= 11 is 0. The Morgan fingerprint density at radius 2 is 1.62 bits per heavy atom. The van der Waals surface area contributed by atoms with Crippen molar-refractivity contribution in [3.05, 3.63) is 57.3 Å². The number of benzene rings is 2. The van der Waals surface area contributed by atoms with Gasteiger partial charge < -0.3 is 0 Å². The zero-order valence-corrected chi connectivity index (χ0v) is 8.15. The van der Waals surface area contributed by atoms with Gasteiger partial charge in [0.1, 0.15) is 0 Å². The molecular weight excluding hydrogens is 204 g/mol. The average Bonchev–Trinajstić information content (AvgIpc) is 2.32. The average molecular weight is 210 g/mol. The number of rotatable bonds is 2. The van der Waals surface area contributed by atoms with Crippen LogP contribution in [0.5, 0.6) is 0 Å². The van der Waals surface area contributed by atoms with Gasteiger partial charge >= 0.3 is 0 Å². The molecule has 0 unspecified atom stereocenters. The number of azide groups is 2. The second-order valence-corrected chi connectivity index (χ2v) is 3.03. The molecule has 0 aliphatic carbocycles. The summed E-state index contributed by atoms with van der Waals surface area (Å²) in [5.74, 6) is 0. The SMILES string of the molecule is [N-]=[N+]=Nc1ccc2ccccc2c1N=[N+]=[N-]. The van der Waals surface area contributed by atoms with Crippen molar-refractivity contribution in [1.82, 2.24) is 0 Å². The van der Waals surface area contributed by atoms with E-state index in [1.54, 1.807) is 6.07 Å². The largest absolute Gasteiger partial charge is 0.0616 e. The summed E-state index contributed by atoms with van der Waals surface area (Å²) < 4.78 is 0. The van der Waals surface area contributed by atoms with Gasteiger partial charge in [-0.15, -0.1) is 0 Å². The van der Waals surface area contributed by atoms with Crippen LogP contribution in [0.3, 0.4) is 0 Å². The maximum absolute atomic E-state index is 8.50. The fourth-order valence-electron chi connectivity index (χ4n) is 1.52. The predicted molar refractivity (Wildman–Crippen MR) is 61.6 cm³/mol. The van der Waals surface area contributed by atoms with Gasteiger partial charge in [0.15, 0.2) is 0 Å². The third-order valence-electron chi connectivity index (χ3n) is 2.18. The minimum Gasteiger partial charge on any atom is -0.0616 e.